The normalized spacial score (nSPS) is 11.6. The van der Waals surface area contributed by atoms with Gasteiger partial charge in [0.15, 0.2) is 0 Å². The number of hydrogen-bond acceptors (Lipinski definition) is 6. The van der Waals surface area contributed by atoms with Crippen molar-refractivity contribution in [3.63, 3.8) is 0 Å². The summed E-state index contributed by atoms with van der Waals surface area (Å²) in [6.07, 6.45) is 0.669. The first-order valence-electron chi connectivity index (χ1n) is 7.46. The maximum absolute atomic E-state index is 13.3. The van der Waals surface area contributed by atoms with E-state index in [-0.39, 0.29) is 4.90 Å². The number of sulfonamides is 1. The van der Waals surface area contributed by atoms with Crippen molar-refractivity contribution in [3.05, 3.63) is 42.5 Å². The number of nitrogens with zero attached hydrogens (tertiary/aromatic N) is 3. The Balaban J connectivity index is 2.19. The first kappa shape index (κ1) is 16.7. The second-order valence-electron chi connectivity index (χ2n) is 5.14. The Morgan fingerprint density at radius 1 is 1.12 bits per heavy atom. The maximum Gasteiger partial charge on any atom is 0.266 e. The molecule has 3 aromatic rings. The molecule has 0 saturated carbocycles. The average molecular weight is 363 g/mol. The van der Waals surface area contributed by atoms with Gasteiger partial charge < -0.3 is 4.74 Å². The van der Waals surface area contributed by atoms with E-state index in [9.17, 15) is 8.42 Å². The van der Waals surface area contributed by atoms with E-state index < -0.39 is 10.0 Å². The SMILES string of the molecule is CCCN(c1ccccc1OC)S(=O)(=O)c1cccc2nsnc12. The fraction of sp³-hybridized carbons (Fsp3) is 0.250. The number of anilines is 1. The molecule has 0 aliphatic carbocycles. The molecule has 0 radical (unpaired) electrons. The minimum Gasteiger partial charge on any atom is -0.495 e. The predicted octanol–water partition coefficient (Wildman–Crippen LogP) is 3.31. The smallest absolute Gasteiger partial charge is 0.266 e. The van der Waals surface area contributed by atoms with Gasteiger partial charge in [-0.05, 0) is 30.7 Å². The highest BCUT2D eigenvalue weighted by Gasteiger charge is 2.29. The molecule has 6 nitrogen and oxygen atoms in total. The lowest BCUT2D eigenvalue weighted by atomic mass is 10.3. The van der Waals surface area contributed by atoms with Gasteiger partial charge in [-0.25, -0.2) is 8.42 Å². The highest BCUT2D eigenvalue weighted by Crippen LogP contribution is 2.34. The van der Waals surface area contributed by atoms with E-state index in [0.717, 1.165) is 11.7 Å². The molecule has 1 heterocycles. The van der Waals surface area contributed by atoms with Crippen LogP contribution >= 0.6 is 11.7 Å². The van der Waals surface area contributed by atoms with Gasteiger partial charge in [0.25, 0.3) is 10.0 Å². The molecule has 0 unspecified atom stereocenters. The van der Waals surface area contributed by atoms with Crippen LogP contribution in [0.2, 0.25) is 0 Å². The minimum absolute atomic E-state index is 0.160. The molecule has 0 aliphatic heterocycles. The van der Waals surface area contributed by atoms with Crippen LogP contribution in [0.3, 0.4) is 0 Å². The molecule has 0 saturated heterocycles. The lowest BCUT2D eigenvalue weighted by Crippen LogP contribution is -2.32. The van der Waals surface area contributed by atoms with Gasteiger partial charge in [-0.2, -0.15) is 8.75 Å². The molecule has 1 aromatic heterocycles. The summed E-state index contributed by atoms with van der Waals surface area (Å²) in [5.74, 6) is 0.512. The van der Waals surface area contributed by atoms with Crippen LogP contribution in [-0.2, 0) is 10.0 Å². The summed E-state index contributed by atoms with van der Waals surface area (Å²) in [4.78, 5) is 0.160. The molecule has 0 amide bonds. The van der Waals surface area contributed by atoms with E-state index >= 15 is 0 Å². The largest absolute Gasteiger partial charge is 0.495 e. The van der Waals surface area contributed by atoms with Crippen molar-refractivity contribution in [2.45, 2.75) is 18.2 Å². The summed E-state index contributed by atoms with van der Waals surface area (Å²) in [6, 6.07) is 12.1. The summed E-state index contributed by atoms with van der Waals surface area (Å²) >= 11 is 1.00. The zero-order valence-electron chi connectivity index (χ0n) is 13.3. The molecule has 0 aliphatic rings. The monoisotopic (exact) mass is 363 g/mol. The van der Waals surface area contributed by atoms with Crippen molar-refractivity contribution < 1.29 is 13.2 Å². The van der Waals surface area contributed by atoms with Gasteiger partial charge in [0.1, 0.15) is 21.7 Å². The molecule has 24 heavy (non-hydrogen) atoms. The minimum atomic E-state index is -3.79. The van der Waals surface area contributed by atoms with Crippen LogP contribution in [0.1, 0.15) is 13.3 Å². The van der Waals surface area contributed by atoms with Crippen molar-refractivity contribution in [3.8, 4) is 5.75 Å². The number of hydrogen-bond donors (Lipinski definition) is 0. The number of aromatic nitrogens is 2. The molecule has 126 valence electrons. The number of benzene rings is 2. The molecular weight excluding hydrogens is 346 g/mol. The quantitative estimate of drug-likeness (QED) is 0.672. The summed E-state index contributed by atoms with van der Waals surface area (Å²) in [5.41, 5.74) is 1.50. The first-order valence-corrected chi connectivity index (χ1v) is 9.63. The molecule has 2 aromatic carbocycles. The van der Waals surface area contributed by atoms with Gasteiger partial charge in [0, 0.05) is 6.54 Å². The standard InChI is InChI=1S/C16H17N3O3S2/c1-3-11-19(13-8-4-5-9-14(13)22-2)24(20,21)15-10-6-7-12-16(15)18-23-17-12/h4-10H,3,11H2,1-2H3. The highest BCUT2D eigenvalue weighted by atomic mass is 32.2. The Morgan fingerprint density at radius 2 is 1.92 bits per heavy atom. The van der Waals surface area contributed by atoms with Gasteiger partial charge in [0.05, 0.1) is 24.5 Å². The van der Waals surface area contributed by atoms with E-state index in [1.807, 2.05) is 13.0 Å². The Morgan fingerprint density at radius 3 is 2.67 bits per heavy atom. The van der Waals surface area contributed by atoms with E-state index in [1.54, 1.807) is 36.4 Å². The van der Waals surface area contributed by atoms with Crippen LogP contribution in [0.5, 0.6) is 5.75 Å². The second kappa shape index (κ2) is 6.74. The zero-order valence-corrected chi connectivity index (χ0v) is 15.0. The van der Waals surface area contributed by atoms with Crippen LogP contribution in [0.25, 0.3) is 11.0 Å². The fourth-order valence-corrected chi connectivity index (χ4v) is 4.84. The van der Waals surface area contributed by atoms with E-state index in [4.69, 9.17) is 4.74 Å². The summed E-state index contributed by atoms with van der Waals surface area (Å²) < 4.78 is 41.6. The predicted molar refractivity (Wildman–Crippen MR) is 95.2 cm³/mol. The third kappa shape index (κ3) is 2.83. The molecule has 3 rings (SSSR count). The van der Waals surface area contributed by atoms with E-state index in [0.29, 0.717) is 35.4 Å². The van der Waals surface area contributed by atoms with Gasteiger partial charge >= 0.3 is 0 Å². The fourth-order valence-electron chi connectivity index (χ4n) is 2.52. The third-order valence-corrected chi connectivity index (χ3v) is 5.98. The Bertz CT molecular complexity index is 954. The van der Waals surface area contributed by atoms with E-state index in [2.05, 4.69) is 8.75 Å². The number of rotatable bonds is 6. The molecule has 0 fully saturated rings. The van der Waals surface area contributed by atoms with Crippen LogP contribution in [0.15, 0.2) is 47.4 Å². The van der Waals surface area contributed by atoms with Crippen LogP contribution in [0.4, 0.5) is 5.69 Å². The maximum atomic E-state index is 13.3. The van der Waals surface area contributed by atoms with Crippen molar-refractivity contribution in [2.75, 3.05) is 18.0 Å². The van der Waals surface area contributed by atoms with Crippen molar-refractivity contribution >= 4 is 38.5 Å². The van der Waals surface area contributed by atoms with Crippen molar-refractivity contribution in [1.29, 1.82) is 0 Å². The lowest BCUT2D eigenvalue weighted by molar-refractivity contribution is 0.415. The molecule has 0 N–H and O–H groups in total. The first-order chi connectivity index (χ1) is 11.6. The van der Waals surface area contributed by atoms with Crippen molar-refractivity contribution in [2.24, 2.45) is 0 Å². The number of fused-ring (bicyclic) bond motifs is 1. The average Bonchev–Trinajstić information content (AvgIpc) is 3.08. The topological polar surface area (TPSA) is 72.4 Å². The molecule has 0 spiro atoms. The number of methoxy groups -OCH3 is 1. The van der Waals surface area contributed by atoms with Crippen LogP contribution < -0.4 is 9.04 Å². The summed E-state index contributed by atoms with van der Waals surface area (Å²) in [7, 11) is -2.26. The van der Waals surface area contributed by atoms with Gasteiger partial charge in [-0.1, -0.05) is 25.1 Å². The molecule has 8 heteroatoms. The summed E-state index contributed by atoms with van der Waals surface area (Å²) in [5, 5.41) is 0. The summed E-state index contributed by atoms with van der Waals surface area (Å²) in [6.45, 7) is 2.28. The molecule has 0 bridgehead atoms. The zero-order chi connectivity index (χ0) is 17.2. The Kier molecular flexibility index (Phi) is 4.68. The van der Waals surface area contributed by atoms with Gasteiger partial charge in [0.2, 0.25) is 0 Å². The number of para-hydroxylation sites is 2. The molecule has 0 atom stereocenters. The van der Waals surface area contributed by atoms with E-state index in [1.165, 1.54) is 11.4 Å². The van der Waals surface area contributed by atoms with Crippen molar-refractivity contribution in [1.82, 2.24) is 8.75 Å². The van der Waals surface area contributed by atoms with Gasteiger partial charge in [-0.3, -0.25) is 4.31 Å². The van der Waals surface area contributed by atoms with Crippen LogP contribution in [-0.4, -0.2) is 30.8 Å². The number of ether oxygens (including phenoxy) is 1. The highest BCUT2D eigenvalue weighted by molar-refractivity contribution is 7.93. The Labute approximate surface area is 145 Å². The lowest BCUT2D eigenvalue weighted by Gasteiger charge is -2.25. The third-order valence-electron chi connectivity index (χ3n) is 3.60. The molecular formula is C16H17N3O3S2. The van der Waals surface area contributed by atoms with Crippen LogP contribution in [0, 0.1) is 0 Å². The second-order valence-corrected chi connectivity index (χ2v) is 7.50. The van der Waals surface area contributed by atoms with Gasteiger partial charge in [-0.15, -0.1) is 0 Å². The Hall–Kier alpha value is -2.19.